The molecule has 0 aliphatic heterocycles. The molecule has 1 radical (unpaired) electrons. The van der Waals surface area contributed by atoms with Gasteiger partial charge in [-0.15, -0.1) is 54.1 Å². The Morgan fingerprint density at radius 2 is 1.46 bits per heavy atom. The van der Waals surface area contributed by atoms with Gasteiger partial charge in [-0.1, -0.05) is 145 Å². The van der Waals surface area contributed by atoms with Gasteiger partial charge in [0.15, 0.2) is 0 Å². The first-order valence-corrected chi connectivity index (χ1v) is 22.4. The van der Waals surface area contributed by atoms with Gasteiger partial charge in [0.2, 0.25) is 0 Å². The van der Waals surface area contributed by atoms with E-state index >= 15 is 0 Å². The Labute approximate surface area is 338 Å². The number of furan rings is 1. The van der Waals surface area contributed by atoms with E-state index in [1.54, 1.807) is 0 Å². The zero-order valence-electron chi connectivity index (χ0n) is 33.6. The SMILES string of the molecule is CC(C)(C)Cc1ccnc(-c2[c-]ccc3c2oc2cc(C(C)(C)c4ccccc4)ccc23)c1.CC(C)Cc1cc(-c2[c-]cccc2)ncc1[Si](C)(C)C.[Ir]. The molecular formula is C49H54IrN2OSi-2. The van der Waals surface area contributed by atoms with Crippen LogP contribution in [0.3, 0.4) is 0 Å². The van der Waals surface area contributed by atoms with Crippen molar-refractivity contribution < 1.29 is 24.5 Å². The molecule has 0 bridgehead atoms. The van der Waals surface area contributed by atoms with Crippen molar-refractivity contribution in [2.45, 2.75) is 86.4 Å². The van der Waals surface area contributed by atoms with Gasteiger partial charge < -0.3 is 14.4 Å². The third kappa shape index (κ3) is 9.55. The summed E-state index contributed by atoms with van der Waals surface area (Å²) in [5, 5.41) is 3.72. The number of fused-ring (bicyclic) bond motifs is 3. The van der Waals surface area contributed by atoms with Gasteiger partial charge in [0.25, 0.3) is 0 Å². The summed E-state index contributed by atoms with van der Waals surface area (Å²) >= 11 is 0. The quantitative estimate of drug-likeness (QED) is 0.113. The van der Waals surface area contributed by atoms with Crippen molar-refractivity contribution in [1.82, 2.24) is 9.97 Å². The fraction of sp³-hybridized carbons (Fsp3) is 0.306. The van der Waals surface area contributed by atoms with Crippen molar-refractivity contribution in [3.05, 3.63) is 150 Å². The average molecular weight is 907 g/mol. The summed E-state index contributed by atoms with van der Waals surface area (Å²) in [6.45, 7) is 23.0. The monoisotopic (exact) mass is 907 g/mol. The summed E-state index contributed by atoms with van der Waals surface area (Å²) in [6, 6.07) is 42.6. The van der Waals surface area contributed by atoms with Crippen molar-refractivity contribution in [3.8, 4) is 22.5 Å². The predicted molar refractivity (Wildman–Crippen MR) is 228 cm³/mol. The Morgan fingerprint density at radius 1 is 0.722 bits per heavy atom. The maximum atomic E-state index is 6.48. The van der Waals surface area contributed by atoms with E-state index in [2.05, 4.69) is 175 Å². The Bertz CT molecular complexity index is 2310. The van der Waals surface area contributed by atoms with Crippen LogP contribution in [0.15, 0.2) is 120 Å². The summed E-state index contributed by atoms with van der Waals surface area (Å²) in [5.74, 6) is 0.667. The van der Waals surface area contributed by atoms with E-state index in [-0.39, 0.29) is 30.9 Å². The molecule has 7 aromatic rings. The largest absolute Gasteiger partial charge is 0.501 e. The van der Waals surface area contributed by atoms with Gasteiger partial charge in [-0.05, 0) is 64.0 Å². The smallest absolute Gasteiger partial charge is 0.121 e. The second-order valence-corrected chi connectivity index (χ2v) is 22.6. The van der Waals surface area contributed by atoms with Crippen molar-refractivity contribution in [2.24, 2.45) is 11.3 Å². The maximum Gasteiger partial charge on any atom is 0.121 e. The van der Waals surface area contributed by atoms with Crippen molar-refractivity contribution in [3.63, 3.8) is 0 Å². The number of aromatic nitrogens is 2. The third-order valence-electron chi connectivity index (χ3n) is 9.88. The van der Waals surface area contributed by atoms with E-state index in [0.717, 1.165) is 57.3 Å². The molecule has 7 rings (SSSR count). The van der Waals surface area contributed by atoms with Gasteiger partial charge in [0, 0.05) is 43.3 Å². The van der Waals surface area contributed by atoms with Gasteiger partial charge in [0.1, 0.15) is 5.58 Å². The molecule has 0 amide bonds. The first-order chi connectivity index (χ1) is 25.1. The number of nitrogens with zero attached hydrogens (tertiary/aromatic N) is 2. The Morgan fingerprint density at radius 3 is 2.13 bits per heavy atom. The number of benzene rings is 4. The molecule has 0 saturated carbocycles. The van der Waals surface area contributed by atoms with Crippen LogP contribution in [0.5, 0.6) is 0 Å². The minimum absolute atomic E-state index is 0. The van der Waals surface area contributed by atoms with Crippen LogP contribution < -0.4 is 5.19 Å². The van der Waals surface area contributed by atoms with Crippen LogP contribution in [-0.2, 0) is 38.4 Å². The van der Waals surface area contributed by atoms with Gasteiger partial charge in [-0.3, -0.25) is 0 Å². The first-order valence-electron chi connectivity index (χ1n) is 18.9. The summed E-state index contributed by atoms with van der Waals surface area (Å²) < 4.78 is 6.48. The van der Waals surface area contributed by atoms with Gasteiger partial charge in [0.05, 0.1) is 13.7 Å². The van der Waals surface area contributed by atoms with Crippen LogP contribution in [0.1, 0.15) is 70.7 Å². The molecule has 0 spiro atoms. The average Bonchev–Trinajstić information content (AvgIpc) is 3.50. The fourth-order valence-corrected chi connectivity index (χ4v) is 8.75. The van der Waals surface area contributed by atoms with E-state index in [9.17, 15) is 0 Å². The van der Waals surface area contributed by atoms with E-state index in [1.807, 2.05) is 30.5 Å². The standard InChI is InChI=1S/C31H30NO.C18H24NSi.Ir/c1-30(2,3)20-21-16-17-32-27(18-21)26-13-9-12-25-24-15-14-23(19-28(24)33-29(25)26)31(4,5)22-10-7-6-8-11-22;1-14(2)11-16-12-17(15-9-7-6-8-10-15)19-13-18(16)20(3,4)5;/h6-12,14-19H,20H2,1-5H3;6-9,12-14H,11H2,1-5H3;/q2*-1;. The molecule has 4 aromatic carbocycles. The zero-order valence-corrected chi connectivity index (χ0v) is 37.0. The van der Waals surface area contributed by atoms with Crippen molar-refractivity contribution >= 4 is 35.2 Å². The molecule has 5 heteroatoms. The fourth-order valence-electron chi connectivity index (χ4n) is 7.16. The van der Waals surface area contributed by atoms with Crippen LogP contribution in [0.25, 0.3) is 44.5 Å². The van der Waals surface area contributed by atoms with Crippen molar-refractivity contribution in [1.29, 1.82) is 0 Å². The number of pyridine rings is 2. The number of hydrogen-bond donors (Lipinski definition) is 0. The summed E-state index contributed by atoms with van der Waals surface area (Å²) in [4.78, 5) is 9.35. The van der Waals surface area contributed by atoms with E-state index < -0.39 is 8.07 Å². The molecule has 0 aliphatic rings. The molecule has 3 nitrogen and oxygen atoms in total. The van der Waals surface area contributed by atoms with Crippen LogP contribution in [0.4, 0.5) is 0 Å². The minimum atomic E-state index is -1.34. The maximum absolute atomic E-state index is 6.48. The van der Waals surface area contributed by atoms with Gasteiger partial charge in [-0.25, -0.2) is 0 Å². The molecule has 0 unspecified atom stereocenters. The van der Waals surface area contributed by atoms with Gasteiger partial charge >= 0.3 is 0 Å². The molecule has 0 saturated heterocycles. The summed E-state index contributed by atoms with van der Waals surface area (Å²) in [7, 11) is -1.34. The van der Waals surface area contributed by atoms with E-state index in [1.165, 1.54) is 27.4 Å². The molecule has 0 aliphatic carbocycles. The first kappa shape index (κ1) is 41.0. The van der Waals surface area contributed by atoms with E-state index in [4.69, 9.17) is 4.42 Å². The van der Waals surface area contributed by atoms with Crippen LogP contribution >= 0.6 is 0 Å². The zero-order chi connectivity index (χ0) is 38.0. The normalized spacial score (nSPS) is 12.1. The second kappa shape index (κ2) is 16.7. The number of hydrogen-bond acceptors (Lipinski definition) is 3. The Hall–Kier alpha value is -4.15. The minimum Gasteiger partial charge on any atom is -0.501 e. The third-order valence-corrected chi connectivity index (χ3v) is 11.9. The van der Waals surface area contributed by atoms with Crippen LogP contribution in [0.2, 0.25) is 19.6 Å². The van der Waals surface area contributed by atoms with Crippen LogP contribution in [0, 0.1) is 23.5 Å². The molecule has 281 valence electrons. The summed E-state index contributed by atoms with van der Waals surface area (Å²) in [6.07, 6.45) is 6.13. The Kier molecular flexibility index (Phi) is 12.7. The van der Waals surface area contributed by atoms with Crippen LogP contribution in [-0.4, -0.2) is 18.0 Å². The topological polar surface area (TPSA) is 38.9 Å². The molecule has 54 heavy (non-hydrogen) atoms. The van der Waals surface area contributed by atoms with Gasteiger partial charge in [-0.2, -0.15) is 0 Å². The molecule has 3 heterocycles. The second-order valence-electron chi connectivity index (χ2n) is 17.5. The molecule has 0 atom stereocenters. The van der Waals surface area contributed by atoms with Crippen molar-refractivity contribution in [2.75, 3.05) is 0 Å². The van der Waals surface area contributed by atoms with E-state index in [0.29, 0.717) is 5.92 Å². The molecular weight excluding hydrogens is 853 g/mol. The predicted octanol–water partition coefficient (Wildman–Crippen LogP) is 12.7. The molecule has 0 N–H and O–H groups in total. The molecule has 0 fully saturated rings. The molecule has 3 aromatic heterocycles. The Balaban J connectivity index is 0.000000230. The summed E-state index contributed by atoms with van der Waals surface area (Å²) in [5.41, 5.74) is 11.1. The number of rotatable bonds is 8.